The maximum absolute atomic E-state index is 9.91. The van der Waals surface area contributed by atoms with Gasteiger partial charge in [0.2, 0.25) is 0 Å². The Morgan fingerprint density at radius 1 is 0.500 bits per heavy atom. The summed E-state index contributed by atoms with van der Waals surface area (Å²) in [6, 6.07) is 0. The number of hydrogen-bond acceptors (Lipinski definition) is 6. The average molecular weight is 330 g/mol. The van der Waals surface area contributed by atoms with Crippen molar-refractivity contribution in [3.8, 4) is 0 Å². The van der Waals surface area contributed by atoms with Gasteiger partial charge in [-0.15, -0.1) is 0 Å². The summed E-state index contributed by atoms with van der Waals surface area (Å²) < 4.78 is 0. The Morgan fingerprint density at radius 3 is 0.545 bits per heavy atom. The third kappa shape index (κ3) is 21.2. The predicted octanol–water partition coefficient (Wildman–Crippen LogP) is -1.03. The van der Waals surface area contributed by atoms with Gasteiger partial charge in [-0.1, -0.05) is 62.3 Å². The van der Waals surface area contributed by atoms with E-state index >= 15 is 0 Å². The molecule has 0 aromatic rings. The molecule has 0 aliphatic carbocycles. The zero-order chi connectivity index (χ0) is 18.2. The molecule has 0 amide bonds. The molecule has 0 spiro atoms. The van der Waals surface area contributed by atoms with Gasteiger partial charge < -0.3 is 29.7 Å². The number of carbonyl (C=O) groups is 3. The molecule has 0 fully saturated rings. The number of rotatable bonds is 0. The molecule has 22 heavy (non-hydrogen) atoms. The van der Waals surface area contributed by atoms with E-state index in [0.717, 1.165) is 0 Å². The van der Waals surface area contributed by atoms with Gasteiger partial charge in [0.1, 0.15) is 0 Å². The fourth-order valence-electron chi connectivity index (χ4n) is 0. The molecule has 0 aliphatic heterocycles. The normalized spacial score (nSPS) is 10.8. The summed E-state index contributed by atoms with van der Waals surface area (Å²) in [7, 11) is 0. The summed E-state index contributed by atoms with van der Waals surface area (Å²) in [6.07, 6.45) is 0. The molecule has 6 nitrogen and oxygen atoms in total. The van der Waals surface area contributed by atoms with Crippen molar-refractivity contribution in [3.05, 3.63) is 0 Å². The standard InChI is InChI=1S/3C5H10O2.Al/c3*1-5(2,3)4(6)7;/h3*1-3H3,(H,6,7);/q;;;+3/p-3. The Bertz CT molecular complexity index is 299. The van der Waals surface area contributed by atoms with Gasteiger partial charge >= 0.3 is 17.4 Å². The molecule has 0 saturated heterocycles. The number of aliphatic carboxylic acids is 3. The van der Waals surface area contributed by atoms with E-state index in [4.69, 9.17) is 0 Å². The minimum absolute atomic E-state index is 0. The van der Waals surface area contributed by atoms with E-state index in [0.29, 0.717) is 0 Å². The summed E-state index contributed by atoms with van der Waals surface area (Å²) >= 11 is 0. The molecule has 0 atom stereocenters. The van der Waals surface area contributed by atoms with Crippen LogP contribution in [0, 0.1) is 16.2 Å². The van der Waals surface area contributed by atoms with Gasteiger partial charge in [0.25, 0.3) is 0 Å². The first-order valence-corrected chi connectivity index (χ1v) is 6.47. The minimum atomic E-state index is -1.01. The molecule has 0 aromatic carbocycles. The number of carboxylic acids is 3. The van der Waals surface area contributed by atoms with Gasteiger partial charge in [0.15, 0.2) is 0 Å². The number of carboxylic acid groups (broad SMARTS) is 3. The van der Waals surface area contributed by atoms with Crippen LogP contribution in [0.3, 0.4) is 0 Å². The predicted molar refractivity (Wildman–Crippen MR) is 79.1 cm³/mol. The molecule has 126 valence electrons. The van der Waals surface area contributed by atoms with Gasteiger partial charge in [-0.2, -0.15) is 0 Å². The van der Waals surface area contributed by atoms with Gasteiger partial charge in [-0.25, -0.2) is 0 Å². The second kappa shape index (κ2) is 10.6. The van der Waals surface area contributed by atoms with E-state index in [9.17, 15) is 29.7 Å². The summed E-state index contributed by atoms with van der Waals surface area (Å²) in [5.41, 5.74) is -2.08. The maximum Gasteiger partial charge on any atom is 3.00 e. The van der Waals surface area contributed by atoms with E-state index in [2.05, 4.69) is 0 Å². The number of carbonyl (C=O) groups excluding carboxylic acids is 3. The van der Waals surface area contributed by atoms with Crippen LogP contribution in [-0.2, 0) is 14.4 Å². The molecule has 0 heterocycles. The second-order valence-electron chi connectivity index (χ2n) is 7.61. The van der Waals surface area contributed by atoms with Crippen molar-refractivity contribution in [1.29, 1.82) is 0 Å². The molecule has 0 radical (unpaired) electrons. The molecule has 0 aliphatic rings. The Balaban J connectivity index is -0.000000108. The quantitative estimate of drug-likeness (QED) is 0.523. The van der Waals surface area contributed by atoms with Crippen molar-refractivity contribution in [2.45, 2.75) is 62.3 Å². The van der Waals surface area contributed by atoms with Crippen LogP contribution in [0.5, 0.6) is 0 Å². The van der Waals surface area contributed by atoms with Gasteiger partial charge in [-0.3, -0.25) is 0 Å². The van der Waals surface area contributed by atoms with Crippen LogP contribution in [0.15, 0.2) is 0 Å². The Kier molecular flexibility index (Phi) is 14.0. The Hall–Kier alpha value is -1.06. The topological polar surface area (TPSA) is 120 Å². The van der Waals surface area contributed by atoms with Gasteiger partial charge in [0.05, 0.1) is 0 Å². The molecule has 0 unspecified atom stereocenters. The molecule has 0 saturated carbocycles. The van der Waals surface area contributed by atoms with Crippen molar-refractivity contribution in [3.63, 3.8) is 0 Å². The van der Waals surface area contributed by atoms with E-state index in [-0.39, 0.29) is 17.4 Å². The van der Waals surface area contributed by atoms with Crippen LogP contribution < -0.4 is 15.3 Å². The van der Waals surface area contributed by atoms with E-state index in [1.165, 1.54) is 0 Å². The molecular formula is C15H27AlO6. The van der Waals surface area contributed by atoms with Crippen LogP contribution in [0.25, 0.3) is 0 Å². The van der Waals surface area contributed by atoms with Crippen LogP contribution in [0.2, 0.25) is 0 Å². The number of hydrogen-bond donors (Lipinski definition) is 0. The van der Waals surface area contributed by atoms with Gasteiger partial charge in [-0.05, 0) is 0 Å². The van der Waals surface area contributed by atoms with Crippen LogP contribution >= 0.6 is 0 Å². The first-order valence-electron chi connectivity index (χ1n) is 6.47. The van der Waals surface area contributed by atoms with E-state index < -0.39 is 34.2 Å². The van der Waals surface area contributed by atoms with E-state index in [1.54, 1.807) is 62.3 Å². The summed E-state index contributed by atoms with van der Waals surface area (Å²) in [4.78, 5) is 29.7. The van der Waals surface area contributed by atoms with Crippen molar-refractivity contribution in [2.24, 2.45) is 16.2 Å². The van der Waals surface area contributed by atoms with E-state index in [1.807, 2.05) is 0 Å². The third-order valence-electron chi connectivity index (χ3n) is 1.84. The Labute approximate surface area is 144 Å². The molecule has 0 rings (SSSR count). The summed E-state index contributed by atoms with van der Waals surface area (Å²) in [5.74, 6) is -3.02. The first-order chi connectivity index (χ1) is 8.83. The Morgan fingerprint density at radius 2 is 0.545 bits per heavy atom. The summed E-state index contributed by atoms with van der Waals surface area (Å²) in [6.45, 7) is 14.4. The van der Waals surface area contributed by atoms with Crippen molar-refractivity contribution in [1.82, 2.24) is 0 Å². The van der Waals surface area contributed by atoms with Crippen LogP contribution in [0.4, 0.5) is 0 Å². The third-order valence-corrected chi connectivity index (χ3v) is 1.84. The van der Waals surface area contributed by atoms with Crippen molar-refractivity contribution in [2.75, 3.05) is 0 Å². The summed E-state index contributed by atoms with van der Waals surface area (Å²) in [5, 5.41) is 29.7. The minimum Gasteiger partial charge on any atom is -0.550 e. The first kappa shape index (κ1) is 29.0. The molecule has 0 N–H and O–H groups in total. The SMILES string of the molecule is CC(C)(C)C(=O)[O-].CC(C)(C)C(=O)[O-].CC(C)(C)C(=O)[O-].[Al+3]. The van der Waals surface area contributed by atoms with Crippen molar-refractivity contribution >= 4 is 35.3 Å². The largest absolute Gasteiger partial charge is 3.00 e. The smallest absolute Gasteiger partial charge is 0.550 e. The zero-order valence-electron chi connectivity index (χ0n) is 15.0. The zero-order valence-corrected chi connectivity index (χ0v) is 16.2. The van der Waals surface area contributed by atoms with Crippen LogP contribution in [-0.4, -0.2) is 35.3 Å². The fourth-order valence-corrected chi connectivity index (χ4v) is 0. The molecule has 0 bridgehead atoms. The average Bonchev–Trinajstić information content (AvgIpc) is 2.14. The van der Waals surface area contributed by atoms with Crippen LogP contribution in [0.1, 0.15) is 62.3 Å². The second-order valence-corrected chi connectivity index (χ2v) is 7.61. The molecular weight excluding hydrogens is 303 g/mol. The van der Waals surface area contributed by atoms with Crippen molar-refractivity contribution < 1.29 is 29.7 Å². The maximum atomic E-state index is 9.91. The molecule has 7 heteroatoms. The monoisotopic (exact) mass is 330 g/mol. The molecule has 0 aromatic heterocycles. The fraction of sp³-hybridized carbons (Fsp3) is 0.800. The van der Waals surface area contributed by atoms with Gasteiger partial charge in [0, 0.05) is 34.2 Å².